The predicted octanol–water partition coefficient (Wildman–Crippen LogP) is 16.3. The summed E-state index contributed by atoms with van der Waals surface area (Å²) in [7, 11) is 0. The molecule has 0 N–H and O–H groups in total. The molecule has 0 spiro atoms. The second-order valence-corrected chi connectivity index (χ2v) is 17.4. The second kappa shape index (κ2) is 14.3. The molecule has 0 unspecified atom stereocenters. The fourth-order valence-corrected chi connectivity index (χ4v) is 11.0. The minimum absolute atomic E-state index is 0.928. The van der Waals surface area contributed by atoms with Crippen LogP contribution in [0.5, 0.6) is 0 Å². The van der Waals surface area contributed by atoms with E-state index >= 15 is 0 Å². The number of hydrogen-bond donors (Lipinski definition) is 0. The van der Waals surface area contributed by atoms with E-state index in [-0.39, 0.29) is 0 Å². The van der Waals surface area contributed by atoms with Gasteiger partial charge in [-0.3, -0.25) is 0 Å². The van der Waals surface area contributed by atoms with Crippen LogP contribution in [0, 0.1) is 0 Å². The highest BCUT2D eigenvalue weighted by molar-refractivity contribution is 7.26. The quantitative estimate of drug-likeness (QED) is 0.164. The first-order valence-corrected chi connectivity index (χ1v) is 22.3. The summed E-state index contributed by atoms with van der Waals surface area (Å²) in [5.41, 5.74) is 15.7. The van der Waals surface area contributed by atoms with Crippen LogP contribution in [0.15, 0.2) is 224 Å². The van der Waals surface area contributed by atoms with Gasteiger partial charge in [0.05, 0.1) is 43.8 Å². The zero-order valence-electron chi connectivity index (χ0n) is 34.1. The summed E-state index contributed by atoms with van der Waals surface area (Å²) in [5, 5.41) is 7.51. The highest BCUT2D eigenvalue weighted by Gasteiger charge is 2.23. The lowest BCUT2D eigenvalue weighted by atomic mass is 9.98. The van der Waals surface area contributed by atoms with Crippen LogP contribution in [0.4, 0.5) is 0 Å². The van der Waals surface area contributed by atoms with Crippen molar-refractivity contribution in [3.05, 3.63) is 224 Å². The molecule has 13 rings (SSSR count). The summed E-state index contributed by atoms with van der Waals surface area (Å²) in [4.78, 5) is 5.42. The van der Waals surface area contributed by atoms with Gasteiger partial charge in [0.25, 0.3) is 0 Å². The molecule has 0 saturated carbocycles. The summed E-state index contributed by atoms with van der Waals surface area (Å²) in [6.45, 7) is 0. The van der Waals surface area contributed by atoms with Crippen LogP contribution in [-0.4, -0.2) is 14.1 Å². The van der Waals surface area contributed by atoms with Gasteiger partial charge in [-0.25, -0.2) is 4.98 Å². The van der Waals surface area contributed by atoms with Gasteiger partial charge in [-0.2, -0.15) is 0 Å². The number of para-hydroxylation sites is 2. The molecule has 294 valence electrons. The first-order chi connectivity index (χ1) is 31.2. The SMILES string of the molecule is c1ccc(-c2ccc(-c3cc(-c4ccccc4)cc(-c4cccc(-n5c6ccccc6c6ccc7c8ccccc8n(-c8cccc9c8sc8ccccc89)c7c65)c4)n3)cc2)cc1. The molecule has 0 amide bonds. The van der Waals surface area contributed by atoms with E-state index < -0.39 is 0 Å². The molecule has 4 heterocycles. The van der Waals surface area contributed by atoms with Crippen LogP contribution in [0.25, 0.3) is 120 Å². The smallest absolute Gasteiger partial charge is 0.0789 e. The molecule has 63 heavy (non-hydrogen) atoms. The standard InChI is InChI=1S/C59H37N3S/c1-3-15-38(16-4-1)40-29-31-41(32-30-40)51-36-43(39-17-5-2-6-18-39)37-52(60-51)42-19-13-20-44(35-42)61-53-25-10-7-21-45(53)48-33-34-49-46-22-8-11-26-54(46)62(58(49)57(48)61)55-27-14-24-50-47-23-9-12-28-56(47)63-59(50)55/h1-37H. The van der Waals surface area contributed by atoms with E-state index in [1.165, 1.54) is 80.6 Å². The van der Waals surface area contributed by atoms with E-state index in [1.54, 1.807) is 0 Å². The van der Waals surface area contributed by atoms with Gasteiger partial charge in [0.15, 0.2) is 0 Å². The maximum Gasteiger partial charge on any atom is 0.0789 e. The van der Waals surface area contributed by atoms with Crippen molar-refractivity contribution in [1.29, 1.82) is 0 Å². The Morgan fingerprint density at radius 1 is 0.317 bits per heavy atom. The van der Waals surface area contributed by atoms with Gasteiger partial charge in [0.2, 0.25) is 0 Å². The predicted molar refractivity (Wildman–Crippen MR) is 268 cm³/mol. The van der Waals surface area contributed by atoms with E-state index in [9.17, 15) is 0 Å². The Morgan fingerprint density at radius 2 is 0.825 bits per heavy atom. The second-order valence-electron chi connectivity index (χ2n) is 16.3. The van der Waals surface area contributed by atoms with Crippen LogP contribution >= 0.6 is 11.3 Å². The molecule has 0 aliphatic carbocycles. The van der Waals surface area contributed by atoms with Gasteiger partial charge in [-0.05, 0) is 70.8 Å². The van der Waals surface area contributed by atoms with Crippen molar-refractivity contribution in [2.24, 2.45) is 0 Å². The van der Waals surface area contributed by atoms with Crippen molar-refractivity contribution < 1.29 is 0 Å². The van der Waals surface area contributed by atoms with Crippen molar-refractivity contribution in [2.75, 3.05) is 0 Å². The minimum atomic E-state index is 0.928. The Balaban J connectivity index is 1.05. The third-order valence-electron chi connectivity index (χ3n) is 12.7. The number of rotatable bonds is 6. The van der Waals surface area contributed by atoms with Crippen LogP contribution in [0.1, 0.15) is 0 Å². The first-order valence-electron chi connectivity index (χ1n) is 21.5. The summed E-state index contributed by atoms with van der Waals surface area (Å²) >= 11 is 1.88. The summed E-state index contributed by atoms with van der Waals surface area (Å²) in [6.07, 6.45) is 0. The maximum absolute atomic E-state index is 5.42. The van der Waals surface area contributed by atoms with Gasteiger partial charge < -0.3 is 9.13 Å². The molecule has 0 radical (unpaired) electrons. The monoisotopic (exact) mass is 819 g/mol. The van der Waals surface area contributed by atoms with Crippen molar-refractivity contribution in [3.63, 3.8) is 0 Å². The first kappa shape index (κ1) is 35.7. The molecular formula is C59H37N3S. The van der Waals surface area contributed by atoms with E-state index in [2.05, 4.69) is 234 Å². The number of benzene rings is 9. The van der Waals surface area contributed by atoms with Crippen molar-refractivity contribution in [3.8, 4) is 56.1 Å². The number of pyridine rings is 1. The normalized spacial score (nSPS) is 11.8. The molecule has 3 nitrogen and oxygen atoms in total. The minimum Gasteiger partial charge on any atom is -0.307 e. The third kappa shape index (κ3) is 5.69. The van der Waals surface area contributed by atoms with Crippen LogP contribution in [0.3, 0.4) is 0 Å². The number of nitrogens with zero attached hydrogens (tertiary/aromatic N) is 3. The average molecular weight is 820 g/mol. The van der Waals surface area contributed by atoms with Crippen LogP contribution < -0.4 is 0 Å². The zero-order chi connectivity index (χ0) is 41.4. The lowest BCUT2D eigenvalue weighted by molar-refractivity contribution is 1.16. The van der Waals surface area contributed by atoms with E-state index in [4.69, 9.17) is 4.98 Å². The van der Waals surface area contributed by atoms with Gasteiger partial charge in [0.1, 0.15) is 0 Å². The van der Waals surface area contributed by atoms with Crippen LogP contribution in [-0.2, 0) is 0 Å². The van der Waals surface area contributed by atoms with Crippen molar-refractivity contribution in [1.82, 2.24) is 14.1 Å². The largest absolute Gasteiger partial charge is 0.307 e. The molecule has 0 atom stereocenters. The average Bonchev–Trinajstić information content (AvgIpc) is 4.03. The highest BCUT2D eigenvalue weighted by Crippen LogP contribution is 2.45. The molecule has 4 aromatic heterocycles. The Bertz CT molecular complexity index is 3890. The van der Waals surface area contributed by atoms with Crippen LogP contribution in [0.2, 0.25) is 0 Å². The fourth-order valence-electron chi connectivity index (χ4n) is 9.82. The fraction of sp³-hybridized carbons (Fsp3) is 0. The summed E-state index contributed by atoms with van der Waals surface area (Å²) in [6, 6.07) is 81.4. The van der Waals surface area contributed by atoms with Crippen molar-refractivity contribution >= 4 is 75.1 Å². The lowest BCUT2D eigenvalue weighted by Crippen LogP contribution is -1.99. The van der Waals surface area contributed by atoms with Gasteiger partial charge in [-0.15, -0.1) is 11.3 Å². The molecule has 0 aliphatic heterocycles. The molecule has 13 aromatic rings. The Morgan fingerprint density at radius 3 is 1.54 bits per heavy atom. The summed E-state index contributed by atoms with van der Waals surface area (Å²) in [5.74, 6) is 0. The highest BCUT2D eigenvalue weighted by atomic mass is 32.1. The maximum atomic E-state index is 5.42. The third-order valence-corrected chi connectivity index (χ3v) is 13.9. The molecule has 0 fully saturated rings. The lowest BCUT2D eigenvalue weighted by Gasteiger charge is -2.15. The number of thiophene rings is 1. The van der Waals surface area contributed by atoms with E-state index in [1.807, 2.05) is 11.3 Å². The number of fused-ring (bicyclic) bond motifs is 10. The molecule has 0 saturated heterocycles. The Hall–Kier alpha value is -8.05. The van der Waals surface area contributed by atoms with E-state index in [0.717, 1.165) is 39.3 Å². The van der Waals surface area contributed by atoms with Gasteiger partial charge in [-0.1, -0.05) is 176 Å². The molecule has 0 bridgehead atoms. The number of aromatic nitrogens is 3. The molecular weight excluding hydrogens is 783 g/mol. The van der Waals surface area contributed by atoms with Gasteiger partial charge >= 0.3 is 0 Å². The molecule has 4 heteroatoms. The zero-order valence-corrected chi connectivity index (χ0v) is 34.9. The van der Waals surface area contributed by atoms with Crippen molar-refractivity contribution in [2.45, 2.75) is 0 Å². The topological polar surface area (TPSA) is 22.8 Å². The Kier molecular flexibility index (Phi) is 8.08. The van der Waals surface area contributed by atoms with Gasteiger partial charge in [0, 0.05) is 53.8 Å². The molecule has 0 aliphatic rings. The molecule has 9 aromatic carbocycles. The summed E-state index contributed by atoms with van der Waals surface area (Å²) < 4.78 is 7.61. The number of hydrogen-bond acceptors (Lipinski definition) is 2. The van der Waals surface area contributed by atoms with E-state index in [0.29, 0.717) is 0 Å². The Labute approximate surface area is 368 Å².